The minimum atomic E-state index is -0.312. The Bertz CT molecular complexity index is 406. The van der Waals surface area contributed by atoms with Crippen molar-refractivity contribution in [3.8, 4) is 0 Å². The molecule has 2 heterocycles. The van der Waals surface area contributed by atoms with Crippen LogP contribution in [0, 0.1) is 0 Å². The third kappa shape index (κ3) is 2.70. The van der Waals surface area contributed by atoms with Gasteiger partial charge in [-0.05, 0) is 35.0 Å². The third-order valence-corrected chi connectivity index (χ3v) is 3.18. The van der Waals surface area contributed by atoms with Gasteiger partial charge in [-0.1, -0.05) is 0 Å². The molecule has 0 aromatic carbocycles. The number of hydrogen-bond donors (Lipinski definition) is 1. The first-order chi connectivity index (χ1) is 8.11. The molecular weight excluding hydrogens is 290 g/mol. The molecule has 2 rings (SSSR count). The van der Waals surface area contributed by atoms with Crippen LogP contribution in [-0.4, -0.2) is 47.8 Å². The van der Waals surface area contributed by atoms with Crippen LogP contribution in [0.15, 0.2) is 21.2 Å². The standard InChI is InChI=1S/C11H14BrNO4/c1-7-6-16-8(5-14)4-13(7)11(15)9-2-3-10(12)17-9/h2-3,7-8,14H,4-6H2,1H3. The van der Waals surface area contributed by atoms with Crippen molar-refractivity contribution in [3.63, 3.8) is 0 Å². The summed E-state index contributed by atoms with van der Waals surface area (Å²) in [7, 11) is 0. The lowest BCUT2D eigenvalue weighted by Crippen LogP contribution is -2.51. The van der Waals surface area contributed by atoms with Crippen LogP contribution in [0.4, 0.5) is 0 Å². The Kier molecular flexibility index (Phi) is 3.86. The van der Waals surface area contributed by atoms with Crippen LogP contribution in [-0.2, 0) is 4.74 Å². The number of aliphatic hydroxyl groups excluding tert-OH is 1. The first-order valence-corrected chi connectivity index (χ1v) is 6.20. The number of hydrogen-bond acceptors (Lipinski definition) is 4. The maximum absolute atomic E-state index is 12.2. The number of amides is 1. The summed E-state index contributed by atoms with van der Waals surface area (Å²) in [4.78, 5) is 13.8. The van der Waals surface area contributed by atoms with E-state index >= 15 is 0 Å². The van der Waals surface area contributed by atoms with E-state index < -0.39 is 0 Å². The predicted octanol–water partition coefficient (Wildman–Crippen LogP) is 1.26. The number of furan rings is 1. The second-order valence-corrected chi connectivity index (χ2v) is 4.83. The summed E-state index contributed by atoms with van der Waals surface area (Å²) < 4.78 is 11.1. The van der Waals surface area contributed by atoms with E-state index in [0.717, 1.165) is 0 Å². The largest absolute Gasteiger partial charge is 0.444 e. The molecule has 1 N–H and O–H groups in total. The molecule has 1 aliphatic rings. The van der Waals surface area contributed by atoms with E-state index in [-0.39, 0.29) is 24.7 Å². The molecule has 6 heteroatoms. The molecule has 1 fully saturated rings. The molecule has 1 saturated heterocycles. The summed E-state index contributed by atoms with van der Waals surface area (Å²) in [5.74, 6) is 0.118. The van der Waals surface area contributed by atoms with Crippen molar-refractivity contribution >= 4 is 21.8 Å². The molecule has 1 aliphatic heterocycles. The Hall–Kier alpha value is -0.850. The van der Waals surface area contributed by atoms with Crippen molar-refractivity contribution < 1.29 is 19.1 Å². The monoisotopic (exact) mass is 303 g/mol. The molecule has 5 nitrogen and oxygen atoms in total. The summed E-state index contributed by atoms with van der Waals surface area (Å²) >= 11 is 3.16. The normalized spacial score (nSPS) is 25.0. The van der Waals surface area contributed by atoms with Crippen LogP contribution in [0.25, 0.3) is 0 Å². The lowest BCUT2D eigenvalue weighted by Gasteiger charge is -2.36. The fraction of sp³-hybridized carbons (Fsp3) is 0.545. The summed E-state index contributed by atoms with van der Waals surface area (Å²) in [5.41, 5.74) is 0. The number of rotatable bonds is 2. The molecule has 0 saturated carbocycles. The summed E-state index contributed by atoms with van der Waals surface area (Å²) in [6.45, 7) is 2.63. The fourth-order valence-electron chi connectivity index (χ4n) is 1.78. The van der Waals surface area contributed by atoms with Gasteiger partial charge in [0.1, 0.15) is 0 Å². The van der Waals surface area contributed by atoms with Crippen molar-refractivity contribution in [1.29, 1.82) is 0 Å². The van der Waals surface area contributed by atoms with Gasteiger partial charge in [0.05, 0.1) is 25.4 Å². The van der Waals surface area contributed by atoms with Crippen molar-refractivity contribution in [3.05, 3.63) is 22.6 Å². The Morgan fingerprint density at radius 2 is 2.41 bits per heavy atom. The Balaban J connectivity index is 2.12. The van der Waals surface area contributed by atoms with Gasteiger partial charge < -0.3 is 19.2 Å². The highest BCUT2D eigenvalue weighted by molar-refractivity contribution is 9.10. The highest BCUT2D eigenvalue weighted by Crippen LogP contribution is 2.19. The Labute approximate surface area is 107 Å². The van der Waals surface area contributed by atoms with E-state index in [1.165, 1.54) is 0 Å². The van der Waals surface area contributed by atoms with Gasteiger partial charge in [0.25, 0.3) is 5.91 Å². The molecule has 2 atom stereocenters. The lowest BCUT2D eigenvalue weighted by atomic mass is 10.2. The zero-order chi connectivity index (χ0) is 12.4. The fourth-order valence-corrected chi connectivity index (χ4v) is 2.09. The van der Waals surface area contributed by atoms with Gasteiger partial charge in [0.15, 0.2) is 10.4 Å². The first-order valence-electron chi connectivity index (χ1n) is 5.40. The van der Waals surface area contributed by atoms with Gasteiger partial charge in [0, 0.05) is 6.54 Å². The van der Waals surface area contributed by atoms with Gasteiger partial charge >= 0.3 is 0 Å². The number of carbonyl (C=O) groups excluding carboxylic acids is 1. The van der Waals surface area contributed by atoms with Crippen LogP contribution in [0.3, 0.4) is 0 Å². The molecule has 1 aromatic heterocycles. The van der Waals surface area contributed by atoms with Crippen LogP contribution < -0.4 is 0 Å². The van der Waals surface area contributed by atoms with Crippen molar-refractivity contribution in [2.45, 2.75) is 19.1 Å². The minimum absolute atomic E-state index is 0.0193. The van der Waals surface area contributed by atoms with Gasteiger partial charge in [0.2, 0.25) is 0 Å². The zero-order valence-corrected chi connectivity index (χ0v) is 11.0. The molecule has 94 valence electrons. The Morgan fingerprint density at radius 1 is 1.65 bits per heavy atom. The van der Waals surface area contributed by atoms with E-state index in [2.05, 4.69) is 15.9 Å². The second-order valence-electron chi connectivity index (χ2n) is 4.05. The summed E-state index contributed by atoms with van der Waals surface area (Å²) in [5, 5.41) is 9.06. The highest BCUT2D eigenvalue weighted by Gasteiger charge is 2.31. The molecule has 1 amide bonds. The van der Waals surface area contributed by atoms with Gasteiger partial charge in [-0.2, -0.15) is 0 Å². The smallest absolute Gasteiger partial charge is 0.290 e. The van der Waals surface area contributed by atoms with Gasteiger partial charge in [-0.3, -0.25) is 4.79 Å². The average molecular weight is 304 g/mol. The van der Waals surface area contributed by atoms with Crippen LogP contribution >= 0.6 is 15.9 Å². The predicted molar refractivity (Wildman–Crippen MR) is 63.7 cm³/mol. The maximum Gasteiger partial charge on any atom is 0.290 e. The van der Waals surface area contributed by atoms with Gasteiger partial charge in [-0.25, -0.2) is 0 Å². The molecular formula is C11H14BrNO4. The number of carbonyl (C=O) groups is 1. The highest BCUT2D eigenvalue weighted by atomic mass is 79.9. The summed E-state index contributed by atoms with van der Waals surface area (Å²) in [6, 6.07) is 3.29. The van der Waals surface area contributed by atoms with Crippen molar-refractivity contribution in [2.75, 3.05) is 19.8 Å². The maximum atomic E-state index is 12.2. The van der Waals surface area contributed by atoms with E-state index in [0.29, 0.717) is 23.6 Å². The van der Waals surface area contributed by atoms with Crippen molar-refractivity contribution in [2.24, 2.45) is 0 Å². The molecule has 0 bridgehead atoms. The van der Waals surface area contributed by atoms with Crippen molar-refractivity contribution in [1.82, 2.24) is 4.90 Å². The molecule has 1 aromatic rings. The quantitative estimate of drug-likeness (QED) is 0.893. The minimum Gasteiger partial charge on any atom is -0.444 e. The molecule has 0 aliphatic carbocycles. The molecule has 17 heavy (non-hydrogen) atoms. The second kappa shape index (κ2) is 5.20. The van der Waals surface area contributed by atoms with E-state index in [1.807, 2.05) is 6.92 Å². The number of aliphatic hydroxyl groups is 1. The third-order valence-electron chi connectivity index (χ3n) is 2.75. The molecule has 0 spiro atoms. The van der Waals surface area contributed by atoms with E-state index in [9.17, 15) is 4.79 Å². The topological polar surface area (TPSA) is 62.9 Å². The zero-order valence-electron chi connectivity index (χ0n) is 9.43. The van der Waals surface area contributed by atoms with Crippen LogP contribution in [0.2, 0.25) is 0 Å². The average Bonchev–Trinajstić information content (AvgIpc) is 2.76. The lowest BCUT2D eigenvalue weighted by molar-refractivity contribution is -0.0674. The first kappa shape index (κ1) is 12.6. The number of morpholine rings is 1. The summed E-state index contributed by atoms with van der Waals surface area (Å²) in [6.07, 6.45) is -0.312. The molecule has 2 unspecified atom stereocenters. The van der Waals surface area contributed by atoms with E-state index in [1.54, 1.807) is 17.0 Å². The van der Waals surface area contributed by atoms with Crippen LogP contribution in [0.1, 0.15) is 17.5 Å². The number of ether oxygens (including phenoxy) is 1. The Morgan fingerprint density at radius 3 is 3.00 bits per heavy atom. The van der Waals surface area contributed by atoms with E-state index in [4.69, 9.17) is 14.3 Å². The SMILES string of the molecule is CC1COC(CO)CN1C(=O)c1ccc(Br)o1. The van der Waals surface area contributed by atoms with Gasteiger partial charge in [-0.15, -0.1) is 0 Å². The van der Waals surface area contributed by atoms with Crippen LogP contribution in [0.5, 0.6) is 0 Å². The number of halogens is 1. The number of nitrogens with zero attached hydrogens (tertiary/aromatic N) is 1. The molecule has 0 radical (unpaired) electrons.